The van der Waals surface area contributed by atoms with Crippen LogP contribution in [0.3, 0.4) is 0 Å². The summed E-state index contributed by atoms with van der Waals surface area (Å²) in [4.78, 5) is 54.9. The molecule has 1 aromatic heterocycles. The van der Waals surface area contributed by atoms with Gasteiger partial charge in [-0.1, -0.05) is 30.3 Å². The molecule has 4 N–H and O–H groups in total. The molecular formula is C26H32N4O6. The number of hydrogen-bond acceptors (Lipinski definition) is 7. The first-order valence-electron chi connectivity index (χ1n) is 12.5. The number of nitrogen functional groups attached to an aromatic ring is 1. The summed E-state index contributed by atoms with van der Waals surface area (Å²) < 4.78 is 6.70. The third-order valence-corrected chi connectivity index (χ3v) is 8.07. The van der Waals surface area contributed by atoms with Gasteiger partial charge >= 0.3 is 11.7 Å². The monoisotopic (exact) mass is 496 g/mol. The number of nitrogens with one attached hydrogen (secondary N) is 1. The summed E-state index contributed by atoms with van der Waals surface area (Å²) in [6.45, 7) is 1.31. The molecule has 0 radical (unpaired) electrons. The molecule has 4 bridgehead atoms. The van der Waals surface area contributed by atoms with Crippen molar-refractivity contribution in [3.63, 3.8) is 0 Å². The zero-order chi connectivity index (χ0) is 25.7. The fraction of sp³-hybridized carbons (Fsp3) is 0.538. The predicted molar refractivity (Wildman–Crippen MR) is 132 cm³/mol. The van der Waals surface area contributed by atoms with E-state index < -0.39 is 40.7 Å². The molecular weight excluding hydrogens is 464 g/mol. The molecule has 10 nitrogen and oxygen atoms in total. The third kappa shape index (κ3) is 4.23. The SMILES string of the molecule is CCN(C(=O)COC(=O)C12C[C@@H]3C[C@H](CC(O)(C3)C1)C2)c1c(N)n(Cc2ccccc2)c(=O)[nH]c1=O. The van der Waals surface area contributed by atoms with Gasteiger partial charge in [0, 0.05) is 6.54 Å². The maximum Gasteiger partial charge on any atom is 0.330 e. The van der Waals surface area contributed by atoms with Crippen molar-refractivity contribution in [3.8, 4) is 0 Å². The van der Waals surface area contributed by atoms with Gasteiger partial charge in [0.2, 0.25) is 0 Å². The van der Waals surface area contributed by atoms with Crippen LogP contribution in [0.1, 0.15) is 51.0 Å². The van der Waals surface area contributed by atoms with Crippen LogP contribution in [0.25, 0.3) is 0 Å². The van der Waals surface area contributed by atoms with E-state index in [0.717, 1.165) is 29.7 Å². The summed E-state index contributed by atoms with van der Waals surface area (Å²) in [6, 6.07) is 9.12. The second-order valence-electron chi connectivity index (χ2n) is 10.7. The van der Waals surface area contributed by atoms with Crippen LogP contribution in [0.5, 0.6) is 0 Å². The zero-order valence-electron chi connectivity index (χ0n) is 20.4. The van der Waals surface area contributed by atoms with E-state index in [1.165, 1.54) is 4.57 Å². The normalized spacial score (nSPS) is 28.2. The fourth-order valence-electron chi connectivity index (χ4n) is 7.03. The van der Waals surface area contributed by atoms with Crippen molar-refractivity contribution in [2.45, 2.75) is 57.6 Å². The number of hydrogen-bond donors (Lipinski definition) is 3. The molecule has 6 rings (SSSR count). The maximum atomic E-state index is 13.2. The molecule has 0 unspecified atom stereocenters. The summed E-state index contributed by atoms with van der Waals surface area (Å²) in [6.07, 6.45) is 4.19. The Kier molecular flexibility index (Phi) is 6.02. The number of aromatic amines is 1. The summed E-state index contributed by atoms with van der Waals surface area (Å²) in [5.74, 6) is -0.615. The van der Waals surface area contributed by atoms with E-state index >= 15 is 0 Å². The Morgan fingerprint density at radius 2 is 1.83 bits per heavy atom. The van der Waals surface area contributed by atoms with E-state index in [1.807, 2.05) is 30.3 Å². The van der Waals surface area contributed by atoms with E-state index in [1.54, 1.807) is 6.92 Å². The standard InChI is InChI=1S/C26H32N4O6/c1-2-29(20-21(27)30(24(34)28-22(20)32)13-16-6-4-3-5-7-16)19(31)14-36-23(33)25-9-17-8-18(10-25)12-26(35,11-17)15-25/h3-7,17-18,35H,2,8-15,27H2,1H3,(H,28,32,34)/t17-,18-,25?,26?/m0/s1. The van der Waals surface area contributed by atoms with E-state index in [0.29, 0.717) is 31.1 Å². The van der Waals surface area contributed by atoms with E-state index in [2.05, 4.69) is 4.98 Å². The number of H-pyrrole nitrogens is 1. The lowest BCUT2D eigenvalue weighted by Crippen LogP contribution is -2.58. The molecule has 36 heavy (non-hydrogen) atoms. The van der Waals surface area contributed by atoms with Crippen molar-refractivity contribution < 1.29 is 19.4 Å². The Morgan fingerprint density at radius 3 is 2.44 bits per heavy atom. The molecule has 1 aromatic carbocycles. The van der Waals surface area contributed by atoms with Crippen LogP contribution in [0, 0.1) is 17.3 Å². The van der Waals surface area contributed by atoms with Gasteiger partial charge in [0.25, 0.3) is 11.5 Å². The van der Waals surface area contributed by atoms with Gasteiger partial charge in [0.05, 0.1) is 17.6 Å². The van der Waals surface area contributed by atoms with E-state index in [-0.39, 0.29) is 24.6 Å². The van der Waals surface area contributed by atoms with Crippen molar-refractivity contribution in [1.82, 2.24) is 9.55 Å². The molecule has 4 saturated carbocycles. The van der Waals surface area contributed by atoms with Crippen LogP contribution in [0.2, 0.25) is 0 Å². The average molecular weight is 497 g/mol. The number of nitrogens with zero attached hydrogens (tertiary/aromatic N) is 2. The molecule has 4 fully saturated rings. The fourth-order valence-corrected chi connectivity index (χ4v) is 7.03. The number of nitrogens with two attached hydrogens (primary N) is 1. The summed E-state index contributed by atoms with van der Waals surface area (Å²) in [7, 11) is 0. The Bertz CT molecular complexity index is 1290. The Balaban J connectivity index is 1.34. The first kappa shape index (κ1) is 24.3. The van der Waals surface area contributed by atoms with Crippen molar-refractivity contribution in [1.29, 1.82) is 0 Å². The number of anilines is 2. The predicted octanol–water partition coefficient (Wildman–Crippen LogP) is 1.39. The Morgan fingerprint density at radius 1 is 1.17 bits per heavy atom. The molecule has 4 aliphatic rings. The van der Waals surface area contributed by atoms with Gasteiger partial charge in [0.1, 0.15) is 5.82 Å². The number of aromatic nitrogens is 2. The van der Waals surface area contributed by atoms with Crippen LogP contribution >= 0.6 is 0 Å². The number of likely N-dealkylation sites (N-methyl/N-ethyl adjacent to an activating group) is 1. The number of esters is 1. The van der Waals surface area contributed by atoms with Gasteiger partial charge in [-0.05, 0) is 62.8 Å². The highest BCUT2D eigenvalue weighted by Crippen LogP contribution is 2.61. The lowest BCUT2D eigenvalue weighted by molar-refractivity contribution is -0.196. The molecule has 10 heteroatoms. The number of benzene rings is 1. The number of aliphatic hydroxyl groups is 1. The van der Waals surface area contributed by atoms with Gasteiger partial charge in [-0.3, -0.25) is 23.9 Å². The summed E-state index contributed by atoms with van der Waals surface area (Å²) >= 11 is 0. The molecule has 2 atom stereocenters. The lowest BCUT2D eigenvalue weighted by Gasteiger charge is -2.58. The van der Waals surface area contributed by atoms with Gasteiger partial charge in [0.15, 0.2) is 12.3 Å². The van der Waals surface area contributed by atoms with Crippen LogP contribution in [0.15, 0.2) is 39.9 Å². The Hall–Kier alpha value is -3.40. The molecule has 0 saturated heterocycles. The highest BCUT2D eigenvalue weighted by atomic mass is 16.5. The maximum absolute atomic E-state index is 13.2. The minimum absolute atomic E-state index is 0.0856. The molecule has 0 spiro atoms. The first-order valence-corrected chi connectivity index (χ1v) is 12.5. The van der Waals surface area contributed by atoms with Crippen LogP contribution in [0.4, 0.5) is 11.5 Å². The Labute approximate surface area is 208 Å². The van der Waals surface area contributed by atoms with Crippen LogP contribution in [-0.4, -0.2) is 45.3 Å². The average Bonchev–Trinajstić information content (AvgIpc) is 2.81. The third-order valence-electron chi connectivity index (χ3n) is 8.07. The van der Waals surface area contributed by atoms with Gasteiger partial charge in [-0.25, -0.2) is 4.79 Å². The molecule has 1 amide bonds. The molecule has 4 aliphatic carbocycles. The van der Waals surface area contributed by atoms with Gasteiger partial charge in [-0.15, -0.1) is 0 Å². The van der Waals surface area contributed by atoms with Crippen molar-refractivity contribution >= 4 is 23.4 Å². The molecule has 192 valence electrons. The van der Waals surface area contributed by atoms with E-state index in [9.17, 15) is 24.3 Å². The van der Waals surface area contributed by atoms with Crippen molar-refractivity contribution in [2.75, 3.05) is 23.8 Å². The topological polar surface area (TPSA) is 148 Å². The van der Waals surface area contributed by atoms with Crippen LogP contribution < -0.4 is 21.9 Å². The number of amides is 1. The number of carbonyl (C=O) groups is 2. The van der Waals surface area contributed by atoms with Gasteiger partial charge in [-0.2, -0.15) is 0 Å². The zero-order valence-corrected chi connectivity index (χ0v) is 20.4. The lowest BCUT2D eigenvalue weighted by atomic mass is 9.48. The number of carbonyl (C=O) groups excluding carboxylic acids is 2. The molecule has 1 heterocycles. The van der Waals surface area contributed by atoms with Crippen LogP contribution in [-0.2, 0) is 20.9 Å². The number of ether oxygens (including phenoxy) is 1. The minimum atomic E-state index is -0.823. The van der Waals surface area contributed by atoms with E-state index in [4.69, 9.17) is 10.5 Å². The molecule has 2 aromatic rings. The number of rotatable bonds is 7. The largest absolute Gasteiger partial charge is 0.455 e. The molecule has 0 aliphatic heterocycles. The summed E-state index contributed by atoms with van der Waals surface area (Å²) in [5, 5.41) is 10.9. The highest BCUT2D eigenvalue weighted by Gasteiger charge is 2.61. The quantitative estimate of drug-likeness (QED) is 0.491. The van der Waals surface area contributed by atoms with Gasteiger partial charge < -0.3 is 20.5 Å². The first-order chi connectivity index (χ1) is 17.1. The van der Waals surface area contributed by atoms with Crippen molar-refractivity contribution in [3.05, 3.63) is 56.7 Å². The smallest absolute Gasteiger partial charge is 0.330 e. The van der Waals surface area contributed by atoms with Crippen molar-refractivity contribution in [2.24, 2.45) is 17.3 Å². The second kappa shape index (κ2) is 8.92. The summed E-state index contributed by atoms with van der Waals surface area (Å²) in [5.41, 5.74) is 3.83. The second-order valence-corrected chi connectivity index (χ2v) is 10.7. The highest BCUT2D eigenvalue weighted by molar-refractivity contribution is 5.97. The minimum Gasteiger partial charge on any atom is -0.455 e.